The molecule has 0 atom stereocenters. The predicted octanol–water partition coefficient (Wildman–Crippen LogP) is 1.34. The highest BCUT2D eigenvalue weighted by Crippen LogP contribution is 2.32. The van der Waals surface area contributed by atoms with E-state index in [0.717, 1.165) is 0 Å². The molecule has 14 heavy (non-hydrogen) atoms. The van der Waals surface area contributed by atoms with E-state index >= 15 is 0 Å². The maximum absolute atomic E-state index is 11.1. The zero-order valence-corrected chi connectivity index (χ0v) is 9.16. The van der Waals surface area contributed by atoms with Crippen LogP contribution in [0.3, 0.4) is 0 Å². The molecule has 0 fully saturated rings. The number of rotatable bonds is 2. The number of aromatic hydroxyl groups is 1. The van der Waals surface area contributed by atoms with Crippen LogP contribution in [0.1, 0.15) is 10.5 Å². The second-order valence-corrected chi connectivity index (χ2v) is 3.09. The molecule has 1 aromatic rings. The molecule has 0 radical (unpaired) electrons. The summed E-state index contributed by atoms with van der Waals surface area (Å²) in [6.07, 6.45) is 0. The number of aromatic nitrogens is 1. The van der Waals surface area contributed by atoms with Gasteiger partial charge in [-0.05, 0) is 15.9 Å². The van der Waals surface area contributed by atoms with Gasteiger partial charge in [0.2, 0.25) is 0 Å². The fraction of sp³-hybridized carbons (Fsp3) is 0.250. The lowest BCUT2D eigenvalue weighted by atomic mass is 10.3. The van der Waals surface area contributed by atoms with E-state index in [2.05, 4.69) is 25.7 Å². The van der Waals surface area contributed by atoms with Crippen LogP contribution in [0.25, 0.3) is 0 Å². The summed E-state index contributed by atoms with van der Waals surface area (Å²) >= 11 is 2.99. The van der Waals surface area contributed by atoms with E-state index < -0.39 is 5.97 Å². The van der Waals surface area contributed by atoms with Crippen LogP contribution in [-0.2, 0) is 4.74 Å². The van der Waals surface area contributed by atoms with Crippen molar-refractivity contribution in [2.45, 2.75) is 0 Å². The van der Waals surface area contributed by atoms with Crippen LogP contribution in [-0.4, -0.2) is 30.3 Å². The maximum Gasteiger partial charge on any atom is 0.356 e. The topological polar surface area (TPSA) is 68.7 Å². The smallest absolute Gasteiger partial charge is 0.356 e. The SMILES string of the molecule is COC(=O)c1cc(OC)c(O)c(Br)n1. The van der Waals surface area contributed by atoms with Gasteiger partial charge in [-0.1, -0.05) is 0 Å². The Morgan fingerprint density at radius 2 is 2.21 bits per heavy atom. The van der Waals surface area contributed by atoms with Crippen LogP contribution >= 0.6 is 15.9 Å². The van der Waals surface area contributed by atoms with Crippen molar-refractivity contribution in [3.63, 3.8) is 0 Å². The van der Waals surface area contributed by atoms with Gasteiger partial charge in [0.05, 0.1) is 14.2 Å². The summed E-state index contributed by atoms with van der Waals surface area (Å²) in [6, 6.07) is 1.30. The number of nitrogens with zero attached hydrogens (tertiary/aromatic N) is 1. The van der Waals surface area contributed by atoms with Crippen molar-refractivity contribution in [2.75, 3.05) is 14.2 Å². The molecular weight excluding hydrogens is 254 g/mol. The molecule has 1 heterocycles. The number of carbonyl (C=O) groups excluding carboxylic acids is 1. The highest BCUT2D eigenvalue weighted by atomic mass is 79.9. The monoisotopic (exact) mass is 261 g/mol. The largest absolute Gasteiger partial charge is 0.502 e. The zero-order valence-electron chi connectivity index (χ0n) is 7.57. The standard InChI is InChI=1S/C8H8BrNO4/c1-13-5-3-4(8(12)14-2)10-7(9)6(5)11/h3,11H,1-2H3. The second-order valence-electron chi connectivity index (χ2n) is 2.34. The number of carbonyl (C=O) groups is 1. The van der Waals surface area contributed by atoms with E-state index in [4.69, 9.17) is 4.74 Å². The van der Waals surface area contributed by atoms with E-state index in [1.807, 2.05) is 0 Å². The molecular formula is C8H8BrNO4. The quantitative estimate of drug-likeness (QED) is 0.643. The van der Waals surface area contributed by atoms with Crippen molar-refractivity contribution in [3.05, 3.63) is 16.4 Å². The van der Waals surface area contributed by atoms with Crippen LogP contribution in [0.15, 0.2) is 10.7 Å². The summed E-state index contributed by atoms with van der Waals surface area (Å²) < 4.78 is 9.44. The molecule has 6 heteroatoms. The first-order valence-corrected chi connectivity index (χ1v) is 4.41. The fourth-order valence-corrected chi connectivity index (χ4v) is 1.24. The van der Waals surface area contributed by atoms with E-state index in [-0.39, 0.29) is 21.8 Å². The maximum atomic E-state index is 11.1. The van der Waals surface area contributed by atoms with Gasteiger partial charge in [0, 0.05) is 6.07 Å². The minimum atomic E-state index is -0.594. The number of hydrogen-bond acceptors (Lipinski definition) is 5. The van der Waals surface area contributed by atoms with Gasteiger partial charge in [-0.3, -0.25) is 0 Å². The Kier molecular flexibility index (Phi) is 3.29. The van der Waals surface area contributed by atoms with Crippen LogP contribution in [0.2, 0.25) is 0 Å². The molecule has 0 aliphatic carbocycles. The van der Waals surface area contributed by atoms with E-state index in [0.29, 0.717) is 0 Å². The molecule has 0 saturated heterocycles. The number of hydrogen-bond donors (Lipinski definition) is 1. The fourth-order valence-electron chi connectivity index (χ4n) is 0.850. The third-order valence-electron chi connectivity index (χ3n) is 1.53. The van der Waals surface area contributed by atoms with Crippen molar-refractivity contribution in [1.82, 2.24) is 4.98 Å². The van der Waals surface area contributed by atoms with Crippen LogP contribution < -0.4 is 4.74 Å². The van der Waals surface area contributed by atoms with Crippen molar-refractivity contribution in [3.8, 4) is 11.5 Å². The lowest BCUT2D eigenvalue weighted by Gasteiger charge is -2.06. The third kappa shape index (κ3) is 1.95. The van der Waals surface area contributed by atoms with Gasteiger partial charge >= 0.3 is 5.97 Å². The molecule has 0 spiro atoms. The summed E-state index contributed by atoms with van der Waals surface area (Å²) in [5.74, 6) is -0.587. The lowest BCUT2D eigenvalue weighted by molar-refractivity contribution is 0.0593. The first-order valence-electron chi connectivity index (χ1n) is 3.62. The van der Waals surface area contributed by atoms with Crippen LogP contribution in [0.4, 0.5) is 0 Å². The van der Waals surface area contributed by atoms with Crippen molar-refractivity contribution < 1.29 is 19.4 Å². The van der Waals surface area contributed by atoms with E-state index in [9.17, 15) is 9.90 Å². The third-order valence-corrected chi connectivity index (χ3v) is 2.08. The number of methoxy groups -OCH3 is 2. The Morgan fingerprint density at radius 3 is 2.71 bits per heavy atom. The first-order chi connectivity index (χ1) is 6.60. The molecule has 0 aromatic carbocycles. The lowest BCUT2D eigenvalue weighted by Crippen LogP contribution is -2.05. The highest BCUT2D eigenvalue weighted by molar-refractivity contribution is 9.10. The average Bonchev–Trinajstić information content (AvgIpc) is 2.20. The van der Waals surface area contributed by atoms with Crippen molar-refractivity contribution in [1.29, 1.82) is 0 Å². The van der Waals surface area contributed by atoms with Crippen molar-refractivity contribution >= 4 is 21.9 Å². The first kappa shape index (κ1) is 10.8. The predicted molar refractivity (Wildman–Crippen MR) is 51.5 cm³/mol. The molecule has 0 saturated carbocycles. The zero-order chi connectivity index (χ0) is 10.7. The van der Waals surface area contributed by atoms with Crippen molar-refractivity contribution in [2.24, 2.45) is 0 Å². The van der Waals surface area contributed by atoms with Crippen LogP contribution in [0.5, 0.6) is 11.5 Å². The Bertz CT molecular complexity index is 367. The molecule has 0 amide bonds. The summed E-state index contributed by atoms with van der Waals surface area (Å²) in [5.41, 5.74) is 0.0639. The van der Waals surface area contributed by atoms with Gasteiger partial charge in [0.1, 0.15) is 0 Å². The van der Waals surface area contributed by atoms with E-state index in [1.165, 1.54) is 20.3 Å². The molecule has 0 unspecified atom stereocenters. The van der Waals surface area contributed by atoms with E-state index in [1.54, 1.807) is 0 Å². The number of esters is 1. The second kappa shape index (κ2) is 4.28. The summed E-state index contributed by atoms with van der Waals surface area (Å²) in [6.45, 7) is 0. The summed E-state index contributed by atoms with van der Waals surface area (Å²) in [7, 11) is 2.62. The molecule has 5 nitrogen and oxygen atoms in total. The molecule has 0 bridgehead atoms. The van der Waals surface area contributed by atoms with Gasteiger partial charge in [0.15, 0.2) is 21.8 Å². The van der Waals surface area contributed by atoms with Gasteiger partial charge < -0.3 is 14.6 Å². The number of ether oxygens (including phenoxy) is 2. The molecule has 1 rings (SSSR count). The number of halogens is 1. The average molecular weight is 262 g/mol. The molecule has 1 N–H and O–H groups in total. The molecule has 76 valence electrons. The van der Waals surface area contributed by atoms with Gasteiger partial charge in [0.25, 0.3) is 0 Å². The minimum Gasteiger partial charge on any atom is -0.502 e. The molecule has 0 aliphatic rings. The normalized spacial score (nSPS) is 9.64. The molecule has 1 aromatic heterocycles. The highest BCUT2D eigenvalue weighted by Gasteiger charge is 2.15. The minimum absolute atomic E-state index is 0.0639. The van der Waals surface area contributed by atoms with Crippen LogP contribution in [0, 0.1) is 0 Å². The number of pyridine rings is 1. The molecule has 0 aliphatic heterocycles. The Balaban J connectivity index is 3.22. The van der Waals surface area contributed by atoms with Gasteiger partial charge in [-0.15, -0.1) is 0 Å². The Labute approximate surface area is 88.8 Å². The van der Waals surface area contributed by atoms with Gasteiger partial charge in [-0.2, -0.15) is 0 Å². The summed E-state index contributed by atoms with van der Waals surface area (Å²) in [4.78, 5) is 14.9. The van der Waals surface area contributed by atoms with Gasteiger partial charge in [-0.25, -0.2) is 9.78 Å². The Hall–Kier alpha value is -1.30. The summed E-state index contributed by atoms with van der Waals surface area (Å²) in [5, 5.41) is 9.39. The Morgan fingerprint density at radius 1 is 1.57 bits per heavy atom.